The van der Waals surface area contributed by atoms with E-state index in [2.05, 4.69) is 0 Å². The number of benzene rings is 2. The molecule has 2 rings (SSSR count). The minimum Gasteiger partial charge on any atom is -0.399 e. The third-order valence-corrected chi connectivity index (χ3v) is 3.15. The molecule has 3 nitrogen and oxygen atoms in total. The van der Waals surface area contributed by atoms with Gasteiger partial charge in [0, 0.05) is 19.3 Å². The maximum Gasteiger partial charge on any atom is 0.256 e. The number of hydrogen-bond acceptors (Lipinski definition) is 2. The molecular weight excluding hydrogens is 255 g/mol. The zero-order chi connectivity index (χ0) is 14.5. The van der Waals surface area contributed by atoms with E-state index in [0.717, 1.165) is 18.1 Å². The molecule has 0 heterocycles. The average molecular weight is 272 g/mol. The molecule has 0 saturated carbocycles. The van der Waals surface area contributed by atoms with Crippen LogP contribution in [0.15, 0.2) is 48.5 Å². The number of carbonyl (C=O) groups excluding carboxylic acids is 1. The van der Waals surface area contributed by atoms with Crippen molar-refractivity contribution in [1.29, 1.82) is 0 Å². The lowest BCUT2D eigenvalue weighted by atomic mass is 10.1. The predicted molar refractivity (Wildman–Crippen MR) is 77.9 cm³/mol. The minimum absolute atomic E-state index is 0.0507. The number of anilines is 1. The Balaban J connectivity index is 2.01. The van der Waals surface area contributed by atoms with Gasteiger partial charge >= 0.3 is 0 Å². The summed E-state index contributed by atoms with van der Waals surface area (Å²) < 4.78 is 13.7. The Bertz CT molecular complexity index is 599. The van der Waals surface area contributed by atoms with E-state index in [0.29, 0.717) is 12.2 Å². The molecule has 0 unspecified atom stereocenters. The zero-order valence-corrected chi connectivity index (χ0v) is 11.3. The van der Waals surface area contributed by atoms with Gasteiger partial charge in [0.05, 0.1) is 5.56 Å². The van der Waals surface area contributed by atoms with Crippen LogP contribution >= 0.6 is 0 Å². The van der Waals surface area contributed by atoms with Crippen molar-refractivity contribution in [3.63, 3.8) is 0 Å². The maximum atomic E-state index is 13.7. The molecule has 0 bridgehead atoms. The summed E-state index contributed by atoms with van der Waals surface area (Å²) in [5, 5.41) is 0. The first-order chi connectivity index (χ1) is 9.58. The van der Waals surface area contributed by atoms with Gasteiger partial charge in [0.15, 0.2) is 0 Å². The third-order valence-electron chi connectivity index (χ3n) is 3.15. The lowest BCUT2D eigenvalue weighted by molar-refractivity contribution is 0.0792. The van der Waals surface area contributed by atoms with Crippen molar-refractivity contribution in [2.24, 2.45) is 0 Å². The summed E-state index contributed by atoms with van der Waals surface area (Å²) in [6.45, 7) is 0.534. The Morgan fingerprint density at radius 2 is 1.90 bits per heavy atom. The van der Waals surface area contributed by atoms with Gasteiger partial charge in [0.1, 0.15) is 5.82 Å². The van der Waals surface area contributed by atoms with E-state index in [4.69, 9.17) is 5.73 Å². The van der Waals surface area contributed by atoms with Gasteiger partial charge in [-0.3, -0.25) is 4.79 Å². The summed E-state index contributed by atoms with van der Waals surface area (Å²) in [5.74, 6) is -0.917. The molecule has 0 spiro atoms. The first kappa shape index (κ1) is 14.1. The molecule has 2 N–H and O–H groups in total. The standard InChI is InChI=1S/C16H17FN2O/c1-19(10-9-12-5-3-2-4-6-12)16(20)14-8-7-13(18)11-15(14)17/h2-8,11H,9-10,18H2,1H3. The molecule has 2 aromatic carbocycles. The second-order valence-electron chi connectivity index (χ2n) is 4.70. The summed E-state index contributed by atoms with van der Waals surface area (Å²) >= 11 is 0. The summed E-state index contributed by atoms with van der Waals surface area (Å²) in [4.78, 5) is 13.7. The topological polar surface area (TPSA) is 46.3 Å². The Hall–Kier alpha value is -2.36. The molecule has 0 aliphatic carbocycles. The number of carbonyl (C=O) groups is 1. The normalized spacial score (nSPS) is 10.3. The highest BCUT2D eigenvalue weighted by Crippen LogP contribution is 2.14. The van der Waals surface area contributed by atoms with E-state index >= 15 is 0 Å². The fourth-order valence-corrected chi connectivity index (χ4v) is 1.95. The Morgan fingerprint density at radius 3 is 2.55 bits per heavy atom. The van der Waals surface area contributed by atoms with Crippen LogP contribution in [0.2, 0.25) is 0 Å². The van der Waals surface area contributed by atoms with Crippen molar-refractivity contribution >= 4 is 11.6 Å². The summed E-state index contributed by atoms with van der Waals surface area (Å²) in [6.07, 6.45) is 0.736. The van der Waals surface area contributed by atoms with Crippen LogP contribution in [0.5, 0.6) is 0 Å². The molecule has 0 fully saturated rings. The second-order valence-corrected chi connectivity index (χ2v) is 4.70. The van der Waals surface area contributed by atoms with Crippen LogP contribution in [0.4, 0.5) is 10.1 Å². The summed E-state index contributed by atoms with van der Waals surface area (Å²) in [7, 11) is 1.67. The van der Waals surface area contributed by atoms with E-state index in [-0.39, 0.29) is 11.5 Å². The number of likely N-dealkylation sites (N-methyl/N-ethyl adjacent to an activating group) is 1. The second kappa shape index (κ2) is 6.19. The summed E-state index contributed by atoms with van der Waals surface area (Å²) in [5.41, 5.74) is 6.98. The number of nitrogens with zero attached hydrogens (tertiary/aromatic N) is 1. The van der Waals surface area contributed by atoms with Gasteiger partial charge in [-0.1, -0.05) is 30.3 Å². The van der Waals surface area contributed by atoms with Gasteiger partial charge in [-0.05, 0) is 30.2 Å². The lowest BCUT2D eigenvalue weighted by Crippen LogP contribution is -2.29. The largest absolute Gasteiger partial charge is 0.399 e. The van der Waals surface area contributed by atoms with E-state index in [1.165, 1.54) is 17.0 Å². The SMILES string of the molecule is CN(CCc1ccccc1)C(=O)c1ccc(N)cc1F. The molecule has 0 saturated heterocycles. The fourth-order valence-electron chi connectivity index (χ4n) is 1.95. The highest BCUT2D eigenvalue weighted by Gasteiger charge is 2.16. The van der Waals surface area contributed by atoms with Crippen LogP contribution in [0.1, 0.15) is 15.9 Å². The first-order valence-corrected chi connectivity index (χ1v) is 6.42. The highest BCUT2D eigenvalue weighted by molar-refractivity contribution is 5.94. The number of hydrogen-bond donors (Lipinski definition) is 1. The van der Waals surface area contributed by atoms with Crippen molar-refractivity contribution in [2.75, 3.05) is 19.3 Å². The van der Waals surface area contributed by atoms with E-state index in [1.807, 2.05) is 30.3 Å². The maximum absolute atomic E-state index is 13.7. The lowest BCUT2D eigenvalue weighted by Gasteiger charge is -2.17. The van der Waals surface area contributed by atoms with Gasteiger partial charge in [-0.2, -0.15) is 0 Å². The molecule has 0 aliphatic heterocycles. The minimum atomic E-state index is -0.582. The molecule has 0 radical (unpaired) electrons. The highest BCUT2D eigenvalue weighted by atomic mass is 19.1. The van der Waals surface area contributed by atoms with Crippen LogP contribution in [0.25, 0.3) is 0 Å². The van der Waals surface area contributed by atoms with Crippen molar-refractivity contribution in [1.82, 2.24) is 4.90 Å². The average Bonchev–Trinajstić information content (AvgIpc) is 2.45. The van der Waals surface area contributed by atoms with Crippen LogP contribution < -0.4 is 5.73 Å². The third kappa shape index (κ3) is 3.35. The van der Waals surface area contributed by atoms with Crippen molar-refractivity contribution in [3.8, 4) is 0 Å². The summed E-state index contributed by atoms with van der Waals surface area (Å²) in [6, 6.07) is 14.0. The quantitative estimate of drug-likeness (QED) is 0.870. The Kier molecular flexibility index (Phi) is 4.35. The van der Waals surface area contributed by atoms with Crippen LogP contribution in [0, 0.1) is 5.82 Å². The van der Waals surface area contributed by atoms with Crippen LogP contribution in [-0.2, 0) is 6.42 Å². The van der Waals surface area contributed by atoms with E-state index in [9.17, 15) is 9.18 Å². The smallest absolute Gasteiger partial charge is 0.256 e. The number of nitrogen functional groups attached to an aromatic ring is 1. The number of amides is 1. The number of halogens is 1. The molecular formula is C16H17FN2O. The monoisotopic (exact) mass is 272 g/mol. The van der Waals surface area contributed by atoms with Gasteiger partial charge in [-0.15, -0.1) is 0 Å². The number of rotatable bonds is 4. The van der Waals surface area contributed by atoms with Gasteiger partial charge < -0.3 is 10.6 Å². The molecule has 0 atom stereocenters. The molecule has 20 heavy (non-hydrogen) atoms. The molecule has 1 amide bonds. The van der Waals surface area contributed by atoms with Crippen LogP contribution in [-0.4, -0.2) is 24.4 Å². The van der Waals surface area contributed by atoms with Gasteiger partial charge in [0.2, 0.25) is 0 Å². The van der Waals surface area contributed by atoms with Gasteiger partial charge in [0.25, 0.3) is 5.91 Å². The van der Waals surface area contributed by atoms with Gasteiger partial charge in [-0.25, -0.2) is 4.39 Å². The molecule has 0 aromatic heterocycles. The Labute approximate surface area is 117 Å². The van der Waals surface area contributed by atoms with E-state index < -0.39 is 5.82 Å². The predicted octanol–water partition coefficient (Wildman–Crippen LogP) is 2.72. The number of nitrogens with two attached hydrogens (primary N) is 1. The molecule has 2 aromatic rings. The molecule has 104 valence electrons. The van der Waals surface area contributed by atoms with Crippen LogP contribution in [0.3, 0.4) is 0 Å². The zero-order valence-electron chi connectivity index (χ0n) is 11.3. The molecule has 4 heteroatoms. The van der Waals surface area contributed by atoms with Crippen molar-refractivity contribution in [3.05, 3.63) is 65.5 Å². The fraction of sp³-hybridized carbons (Fsp3) is 0.188. The Morgan fingerprint density at radius 1 is 1.20 bits per heavy atom. The van der Waals surface area contributed by atoms with E-state index in [1.54, 1.807) is 7.05 Å². The van der Waals surface area contributed by atoms with Crippen molar-refractivity contribution < 1.29 is 9.18 Å². The van der Waals surface area contributed by atoms with Crippen molar-refractivity contribution in [2.45, 2.75) is 6.42 Å². The molecule has 0 aliphatic rings. The first-order valence-electron chi connectivity index (χ1n) is 6.42.